The standard InChI is InChI=1S/C19H28N2/c1-6-21(15(2)14-20-19(3,4)5)18-13-9-11-16-10-7-8-12-17(16)18/h7-13,15,20H,6,14H2,1-5H3. The third-order valence-electron chi connectivity index (χ3n) is 3.88. The van der Waals surface area contributed by atoms with Gasteiger partial charge in [0.05, 0.1) is 0 Å². The van der Waals surface area contributed by atoms with Crippen LogP contribution in [0.1, 0.15) is 34.6 Å². The molecule has 0 spiro atoms. The molecule has 2 heteroatoms. The van der Waals surface area contributed by atoms with Crippen molar-refractivity contribution in [1.29, 1.82) is 0 Å². The van der Waals surface area contributed by atoms with Crippen LogP contribution in [0, 0.1) is 0 Å². The van der Waals surface area contributed by atoms with E-state index in [1.807, 2.05) is 0 Å². The number of rotatable bonds is 5. The summed E-state index contributed by atoms with van der Waals surface area (Å²) in [6.07, 6.45) is 0. The normalized spacial score (nSPS) is 13.4. The van der Waals surface area contributed by atoms with E-state index >= 15 is 0 Å². The van der Waals surface area contributed by atoms with E-state index < -0.39 is 0 Å². The first kappa shape index (κ1) is 15.8. The van der Waals surface area contributed by atoms with Gasteiger partial charge in [-0.3, -0.25) is 0 Å². The highest BCUT2D eigenvalue weighted by atomic mass is 15.2. The minimum absolute atomic E-state index is 0.159. The molecule has 2 nitrogen and oxygen atoms in total. The molecule has 0 radical (unpaired) electrons. The summed E-state index contributed by atoms with van der Waals surface area (Å²) in [5, 5.41) is 6.26. The van der Waals surface area contributed by atoms with E-state index in [1.54, 1.807) is 0 Å². The fourth-order valence-electron chi connectivity index (χ4n) is 2.74. The second-order valence-electron chi connectivity index (χ2n) is 6.76. The molecule has 2 aromatic rings. The molecule has 1 unspecified atom stereocenters. The molecular weight excluding hydrogens is 256 g/mol. The Balaban J connectivity index is 2.27. The van der Waals surface area contributed by atoms with Gasteiger partial charge in [-0.1, -0.05) is 36.4 Å². The Bertz CT molecular complexity index is 578. The molecule has 0 aliphatic heterocycles. The van der Waals surface area contributed by atoms with E-state index in [0.717, 1.165) is 13.1 Å². The van der Waals surface area contributed by atoms with Gasteiger partial charge in [-0.05, 0) is 46.1 Å². The summed E-state index contributed by atoms with van der Waals surface area (Å²) in [5.41, 5.74) is 1.49. The molecular formula is C19H28N2. The Kier molecular flexibility index (Phi) is 4.89. The maximum atomic E-state index is 3.61. The van der Waals surface area contributed by atoms with Gasteiger partial charge >= 0.3 is 0 Å². The first-order valence-electron chi connectivity index (χ1n) is 7.92. The monoisotopic (exact) mass is 284 g/mol. The molecule has 0 aromatic heterocycles. The predicted molar refractivity (Wildman–Crippen MR) is 94.2 cm³/mol. The molecule has 0 fully saturated rings. The molecule has 0 heterocycles. The minimum Gasteiger partial charge on any atom is -0.367 e. The maximum Gasteiger partial charge on any atom is 0.0448 e. The smallest absolute Gasteiger partial charge is 0.0448 e. The molecule has 21 heavy (non-hydrogen) atoms. The Hall–Kier alpha value is -1.54. The number of likely N-dealkylation sites (N-methyl/N-ethyl adjacent to an activating group) is 1. The van der Waals surface area contributed by atoms with Crippen LogP contribution >= 0.6 is 0 Å². The summed E-state index contributed by atoms with van der Waals surface area (Å²) in [7, 11) is 0. The molecule has 0 aliphatic carbocycles. The SMILES string of the molecule is CCN(c1cccc2ccccc12)C(C)CNC(C)(C)C. The van der Waals surface area contributed by atoms with Crippen molar-refractivity contribution in [3.8, 4) is 0 Å². The highest BCUT2D eigenvalue weighted by Gasteiger charge is 2.17. The first-order valence-corrected chi connectivity index (χ1v) is 7.92. The van der Waals surface area contributed by atoms with E-state index in [9.17, 15) is 0 Å². The number of anilines is 1. The molecule has 2 rings (SSSR count). The van der Waals surface area contributed by atoms with Crippen LogP contribution in [-0.2, 0) is 0 Å². The lowest BCUT2D eigenvalue weighted by molar-refractivity contribution is 0.405. The van der Waals surface area contributed by atoms with Gasteiger partial charge in [-0.2, -0.15) is 0 Å². The van der Waals surface area contributed by atoms with E-state index in [0.29, 0.717) is 6.04 Å². The lowest BCUT2D eigenvalue weighted by Crippen LogP contribution is -2.46. The number of benzene rings is 2. The number of nitrogens with zero attached hydrogens (tertiary/aromatic N) is 1. The van der Waals surface area contributed by atoms with Crippen molar-refractivity contribution in [1.82, 2.24) is 5.32 Å². The highest BCUT2D eigenvalue weighted by Crippen LogP contribution is 2.27. The molecule has 0 bridgehead atoms. The van der Waals surface area contributed by atoms with Crippen molar-refractivity contribution in [2.24, 2.45) is 0 Å². The molecule has 1 N–H and O–H groups in total. The van der Waals surface area contributed by atoms with E-state index in [1.165, 1.54) is 16.5 Å². The van der Waals surface area contributed by atoms with Crippen LogP contribution in [0.5, 0.6) is 0 Å². The van der Waals surface area contributed by atoms with Crippen LogP contribution in [0.25, 0.3) is 10.8 Å². The quantitative estimate of drug-likeness (QED) is 0.873. The van der Waals surface area contributed by atoms with Crippen LogP contribution in [0.15, 0.2) is 42.5 Å². The number of nitrogens with one attached hydrogen (secondary N) is 1. The fourth-order valence-corrected chi connectivity index (χ4v) is 2.74. The van der Waals surface area contributed by atoms with Crippen molar-refractivity contribution in [2.45, 2.75) is 46.2 Å². The van der Waals surface area contributed by atoms with Crippen molar-refractivity contribution in [2.75, 3.05) is 18.0 Å². The topological polar surface area (TPSA) is 15.3 Å². The number of hydrogen-bond acceptors (Lipinski definition) is 2. The summed E-state index contributed by atoms with van der Waals surface area (Å²) < 4.78 is 0. The maximum absolute atomic E-state index is 3.61. The van der Waals surface area contributed by atoms with Gasteiger partial charge in [0.1, 0.15) is 0 Å². The predicted octanol–water partition coefficient (Wildman–Crippen LogP) is 4.44. The zero-order chi connectivity index (χ0) is 15.5. The van der Waals surface area contributed by atoms with Gasteiger partial charge in [-0.25, -0.2) is 0 Å². The lowest BCUT2D eigenvalue weighted by Gasteiger charge is -2.33. The van der Waals surface area contributed by atoms with Crippen molar-refractivity contribution in [3.05, 3.63) is 42.5 Å². The van der Waals surface area contributed by atoms with Crippen LogP contribution in [0.3, 0.4) is 0 Å². The van der Waals surface area contributed by atoms with E-state index in [4.69, 9.17) is 0 Å². The number of fused-ring (bicyclic) bond motifs is 1. The van der Waals surface area contributed by atoms with Crippen LogP contribution in [0.4, 0.5) is 5.69 Å². The molecule has 0 aliphatic rings. The van der Waals surface area contributed by atoms with Gasteiger partial charge in [-0.15, -0.1) is 0 Å². The Morgan fingerprint density at radius 3 is 2.38 bits per heavy atom. The number of hydrogen-bond donors (Lipinski definition) is 1. The first-order chi connectivity index (χ1) is 9.92. The molecule has 1 atom stereocenters. The van der Waals surface area contributed by atoms with Crippen molar-refractivity contribution >= 4 is 16.5 Å². The van der Waals surface area contributed by atoms with Crippen molar-refractivity contribution in [3.63, 3.8) is 0 Å². The van der Waals surface area contributed by atoms with Crippen LogP contribution < -0.4 is 10.2 Å². The van der Waals surface area contributed by atoms with Crippen molar-refractivity contribution < 1.29 is 0 Å². The molecule has 114 valence electrons. The average Bonchev–Trinajstić information content (AvgIpc) is 2.45. The molecule has 0 saturated carbocycles. The van der Waals surface area contributed by atoms with Crippen LogP contribution in [-0.4, -0.2) is 24.7 Å². The molecule has 2 aromatic carbocycles. The lowest BCUT2D eigenvalue weighted by atomic mass is 10.1. The fraction of sp³-hybridized carbons (Fsp3) is 0.474. The minimum atomic E-state index is 0.159. The average molecular weight is 284 g/mol. The summed E-state index contributed by atoms with van der Waals surface area (Å²) in [5.74, 6) is 0. The second-order valence-corrected chi connectivity index (χ2v) is 6.76. The molecule has 0 saturated heterocycles. The zero-order valence-corrected chi connectivity index (χ0v) is 14.0. The summed E-state index contributed by atoms with van der Waals surface area (Å²) in [6.45, 7) is 13.2. The third-order valence-corrected chi connectivity index (χ3v) is 3.88. The summed E-state index contributed by atoms with van der Waals surface area (Å²) in [4.78, 5) is 2.49. The van der Waals surface area contributed by atoms with Gasteiger partial charge in [0.15, 0.2) is 0 Å². The Morgan fingerprint density at radius 2 is 1.71 bits per heavy atom. The third kappa shape index (κ3) is 3.98. The zero-order valence-electron chi connectivity index (χ0n) is 14.0. The second kappa shape index (κ2) is 6.48. The van der Waals surface area contributed by atoms with E-state index in [-0.39, 0.29) is 5.54 Å². The van der Waals surface area contributed by atoms with Gasteiger partial charge in [0, 0.05) is 35.7 Å². The van der Waals surface area contributed by atoms with Gasteiger partial charge < -0.3 is 10.2 Å². The van der Waals surface area contributed by atoms with E-state index in [2.05, 4.69) is 87.3 Å². The summed E-state index contributed by atoms with van der Waals surface area (Å²) >= 11 is 0. The van der Waals surface area contributed by atoms with Gasteiger partial charge in [0.2, 0.25) is 0 Å². The van der Waals surface area contributed by atoms with Crippen LogP contribution in [0.2, 0.25) is 0 Å². The Morgan fingerprint density at radius 1 is 1.05 bits per heavy atom. The summed E-state index contributed by atoms with van der Waals surface area (Å²) in [6, 6.07) is 15.7. The van der Waals surface area contributed by atoms with Gasteiger partial charge in [0.25, 0.3) is 0 Å². The largest absolute Gasteiger partial charge is 0.367 e. The molecule has 0 amide bonds. The Labute approximate surface area is 129 Å². The highest BCUT2D eigenvalue weighted by molar-refractivity contribution is 5.94.